The molecule has 0 spiro atoms. The minimum absolute atomic E-state index is 0.143. The Morgan fingerprint density at radius 3 is 2.21 bits per heavy atom. The molecule has 0 aromatic heterocycles. The summed E-state index contributed by atoms with van der Waals surface area (Å²) in [5.41, 5.74) is 0. The van der Waals surface area contributed by atoms with Gasteiger partial charge in [0.15, 0.2) is 6.29 Å². The first kappa shape index (κ1) is 10.4. The van der Waals surface area contributed by atoms with Gasteiger partial charge in [-0.05, 0) is 19.8 Å². The third-order valence-electron chi connectivity index (χ3n) is 3.25. The molecule has 2 heteroatoms. The lowest BCUT2D eigenvalue weighted by Gasteiger charge is -2.11. The van der Waals surface area contributed by atoms with Crippen molar-refractivity contribution in [2.45, 2.75) is 76.8 Å². The van der Waals surface area contributed by atoms with Gasteiger partial charge >= 0.3 is 0 Å². The van der Waals surface area contributed by atoms with Gasteiger partial charge in [0.25, 0.3) is 0 Å². The zero-order chi connectivity index (χ0) is 9.80. The van der Waals surface area contributed by atoms with Gasteiger partial charge in [0, 0.05) is 0 Å². The van der Waals surface area contributed by atoms with Gasteiger partial charge in [0.05, 0.1) is 6.10 Å². The maximum Gasteiger partial charge on any atom is 0.184 e. The highest BCUT2D eigenvalue weighted by Crippen LogP contribution is 2.30. The van der Waals surface area contributed by atoms with Crippen LogP contribution in [0.25, 0.3) is 0 Å². The lowest BCUT2D eigenvalue weighted by atomic mass is 10.1. The van der Waals surface area contributed by atoms with Gasteiger partial charge in [-0.2, -0.15) is 0 Å². The molecule has 0 radical (unpaired) electrons. The zero-order valence-electron chi connectivity index (χ0n) is 9.21. The lowest BCUT2D eigenvalue weighted by molar-refractivity contribution is -0.00655. The Kier molecular flexibility index (Phi) is 3.82. The average molecular weight is 198 g/mol. The van der Waals surface area contributed by atoms with Crippen molar-refractivity contribution >= 4 is 0 Å². The summed E-state index contributed by atoms with van der Waals surface area (Å²) in [6.07, 6.45) is 11.6. The van der Waals surface area contributed by atoms with Crippen molar-refractivity contribution in [3.05, 3.63) is 0 Å². The number of hydrogen-bond donors (Lipinski definition) is 0. The molecule has 14 heavy (non-hydrogen) atoms. The summed E-state index contributed by atoms with van der Waals surface area (Å²) in [6.45, 7) is 2.17. The molecule has 0 aromatic carbocycles. The molecule has 3 unspecified atom stereocenters. The van der Waals surface area contributed by atoms with Crippen LogP contribution in [0.4, 0.5) is 0 Å². The SMILES string of the molecule is CC1CCCCCCCCC2OC2O1. The normalized spacial score (nSPS) is 40.5. The van der Waals surface area contributed by atoms with Gasteiger partial charge < -0.3 is 9.47 Å². The van der Waals surface area contributed by atoms with Gasteiger partial charge in [0.1, 0.15) is 6.10 Å². The van der Waals surface area contributed by atoms with Crippen LogP contribution in [0, 0.1) is 0 Å². The minimum atomic E-state index is 0.143. The molecule has 2 aliphatic rings. The molecule has 0 aliphatic carbocycles. The Hall–Kier alpha value is -0.0800. The number of hydrogen-bond acceptors (Lipinski definition) is 2. The third-order valence-corrected chi connectivity index (χ3v) is 3.25. The molecule has 0 N–H and O–H groups in total. The van der Waals surface area contributed by atoms with Gasteiger partial charge in [-0.3, -0.25) is 0 Å². The molecule has 2 rings (SSSR count). The molecule has 2 fully saturated rings. The van der Waals surface area contributed by atoms with E-state index in [1.807, 2.05) is 0 Å². The van der Waals surface area contributed by atoms with Gasteiger partial charge in [-0.25, -0.2) is 0 Å². The first-order valence-corrected chi connectivity index (χ1v) is 6.17. The molecule has 82 valence electrons. The minimum Gasteiger partial charge on any atom is -0.347 e. The van der Waals surface area contributed by atoms with Crippen LogP contribution in [0.1, 0.15) is 58.3 Å². The number of rotatable bonds is 0. The van der Waals surface area contributed by atoms with Crippen molar-refractivity contribution in [1.82, 2.24) is 0 Å². The molecular formula is C12H22O2. The van der Waals surface area contributed by atoms with Crippen LogP contribution in [0.15, 0.2) is 0 Å². The molecule has 2 aliphatic heterocycles. The van der Waals surface area contributed by atoms with Gasteiger partial charge in [-0.1, -0.05) is 38.5 Å². The van der Waals surface area contributed by atoms with Crippen LogP contribution in [0.2, 0.25) is 0 Å². The first-order valence-electron chi connectivity index (χ1n) is 6.17. The largest absolute Gasteiger partial charge is 0.347 e. The van der Waals surface area contributed by atoms with Crippen LogP contribution in [-0.2, 0) is 9.47 Å². The van der Waals surface area contributed by atoms with Crippen molar-refractivity contribution in [3.63, 3.8) is 0 Å². The highest BCUT2D eigenvalue weighted by molar-refractivity contribution is 4.78. The number of epoxide rings is 1. The Bertz CT molecular complexity index is 170. The van der Waals surface area contributed by atoms with E-state index in [1.54, 1.807) is 0 Å². The lowest BCUT2D eigenvalue weighted by Crippen LogP contribution is -2.12. The maximum atomic E-state index is 5.77. The molecular weight excluding hydrogens is 176 g/mol. The Balaban J connectivity index is 1.73. The summed E-state index contributed by atoms with van der Waals surface area (Å²) in [5, 5.41) is 0. The molecule has 0 amide bonds. The molecule has 0 saturated carbocycles. The van der Waals surface area contributed by atoms with Crippen LogP contribution >= 0.6 is 0 Å². The fourth-order valence-electron chi connectivity index (χ4n) is 2.23. The highest BCUT2D eigenvalue weighted by atomic mass is 16.8. The fraction of sp³-hybridized carbons (Fsp3) is 1.00. The summed E-state index contributed by atoms with van der Waals surface area (Å²) in [6, 6.07) is 0. The standard InChI is InChI=1S/C12H22O2/c1-10-8-6-4-2-3-5-7-9-11-12(13-10)14-11/h10-12H,2-9H2,1H3. The second-order valence-electron chi connectivity index (χ2n) is 4.69. The fourth-order valence-corrected chi connectivity index (χ4v) is 2.23. The molecule has 2 nitrogen and oxygen atoms in total. The van der Waals surface area contributed by atoms with Crippen LogP contribution < -0.4 is 0 Å². The van der Waals surface area contributed by atoms with E-state index >= 15 is 0 Å². The summed E-state index contributed by atoms with van der Waals surface area (Å²) >= 11 is 0. The molecule has 2 saturated heterocycles. The van der Waals surface area contributed by atoms with Crippen molar-refractivity contribution in [1.29, 1.82) is 0 Å². The van der Waals surface area contributed by atoms with Gasteiger partial charge in [0.2, 0.25) is 0 Å². The van der Waals surface area contributed by atoms with E-state index in [-0.39, 0.29) is 6.29 Å². The van der Waals surface area contributed by atoms with Crippen LogP contribution in [0.5, 0.6) is 0 Å². The maximum absolute atomic E-state index is 5.77. The number of fused-ring (bicyclic) bond motifs is 1. The molecule has 0 aromatic rings. The first-order chi connectivity index (χ1) is 6.86. The van der Waals surface area contributed by atoms with Gasteiger partial charge in [-0.15, -0.1) is 0 Å². The Labute approximate surface area is 87.0 Å². The summed E-state index contributed by atoms with van der Waals surface area (Å²) < 4.78 is 11.3. The van der Waals surface area contributed by atoms with E-state index in [2.05, 4.69) is 6.92 Å². The average Bonchev–Trinajstić information content (AvgIpc) is 2.86. The van der Waals surface area contributed by atoms with Crippen LogP contribution in [-0.4, -0.2) is 18.5 Å². The van der Waals surface area contributed by atoms with Crippen molar-refractivity contribution in [3.8, 4) is 0 Å². The number of ether oxygens (including phenoxy) is 2. The summed E-state index contributed by atoms with van der Waals surface area (Å²) in [5.74, 6) is 0. The van der Waals surface area contributed by atoms with Crippen LogP contribution in [0.3, 0.4) is 0 Å². The molecule has 3 atom stereocenters. The van der Waals surface area contributed by atoms with E-state index in [4.69, 9.17) is 9.47 Å². The van der Waals surface area contributed by atoms with E-state index in [0.29, 0.717) is 12.2 Å². The predicted molar refractivity (Wildman–Crippen MR) is 56.1 cm³/mol. The predicted octanol–water partition coefficient (Wildman–Crippen LogP) is 3.25. The summed E-state index contributed by atoms with van der Waals surface area (Å²) in [4.78, 5) is 0. The smallest absolute Gasteiger partial charge is 0.184 e. The van der Waals surface area contributed by atoms with Crippen molar-refractivity contribution in [2.24, 2.45) is 0 Å². The topological polar surface area (TPSA) is 21.8 Å². The second-order valence-corrected chi connectivity index (χ2v) is 4.69. The Morgan fingerprint density at radius 2 is 1.43 bits per heavy atom. The molecule has 2 heterocycles. The third kappa shape index (κ3) is 3.25. The Morgan fingerprint density at radius 1 is 0.786 bits per heavy atom. The van der Waals surface area contributed by atoms with E-state index in [0.717, 1.165) is 0 Å². The zero-order valence-corrected chi connectivity index (χ0v) is 9.21. The van der Waals surface area contributed by atoms with Crippen molar-refractivity contribution < 1.29 is 9.47 Å². The van der Waals surface area contributed by atoms with E-state index < -0.39 is 0 Å². The quantitative estimate of drug-likeness (QED) is 0.557. The summed E-state index contributed by atoms with van der Waals surface area (Å²) in [7, 11) is 0. The molecule has 0 bridgehead atoms. The van der Waals surface area contributed by atoms with Crippen molar-refractivity contribution in [2.75, 3.05) is 0 Å². The monoisotopic (exact) mass is 198 g/mol. The van der Waals surface area contributed by atoms with E-state index in [9.17, 15) is 0 Å². The highest BCUT2D eigenvalue weighted by Gasteiger charge is 2.40. The van der Waals surface area contributed by atoms with E-state index in [1.165, 1.54) is 51.4 Å². The second kappa shape index (κ2) is 5.13.